The summed E-state index contributed by atoms with van der Waals surface area (Å²) in [6, 6.07) is 13.4. The van der Waals surface area contributed by atoms with Crippen molar-refractivity contribution in [2.75, 3.05) is 16.1 Å². The lowest BCUT2D eigenvalue weighted by Crippen LogP contribution is -2.19. The van der Waals surface area contributed by atoms with Crippen molar-refractivity contribution >= 4 is 64.0 Å². The quantitative estimate of drug-likeness (QED) is 0.289. The van der Waals surface area contributed by atoms with Crippen LogP contribution in [-0.2, 0) is 4.79 Å². The first-order chi connectivity index (χ1) is 10.6. The highest BCUT2D eigenvalue weighted by Crippen LogP contribution is 2.16. The molecule has 22 heavy (non-hydrogen) atoms. The molecule has 0 aliphatic carbocycles. The van der Waals surface area contributed by atoms with E-state index in [9.17, 15) is 9.59 Å². The first-order valence-corrected chi connectivity index (χ1v) is 7.52. The third kappa shape index (κ3) is 5.08. The van der Waals surface area contributed by atoms with Crippen molar-refractivity contribution in [2.24, 2.45) is 0 Å². The summed E-state index contributed by atoms with van der Waals surface area (Å²) in [6.45, 7) is 0. The minimum absolute atomic E-state index is 0.355. The number of urea groups is 1. The van der Waals surface area contributed by atoms with Gasteiger partial charge in [0.1, 0.15) is 0 Å². The van der Waals surface area contributed by atoms with Gasteiger partial charge in [0.2, 0.25) is 6.41 Å². The number of rotatable bonds is 5. The van der Waals surface area contributed by atoms with E-state index in [4.69, 9.17) is 11.6 Å². The Bertz CT molecular complexity index is 649. The van der Waals surface area contributed by atoms with Crippen LogP contribution in [0.1, 0.15) is 0 Å². The van der Waals surface area contributed by atoms with Crippen molar-refractivity contribution in [1.29, 1.82) is 0 Å². The highest BCUT2D eigenvalue weighted by molar-refractivity contribution is 14.1. The normalized spacial score (nSPS) is 9.73. The van der Waals surface area contributed by atoms with Crippen LogP contribution in [0.25, 0.3) is 0 Å². The highest BCUT2D eigenvalue weighted by Gasteiger charge is 2.03. The molecule has 0 aliphatic rings. The minimum Gasteiger partial charge on any atom is -0.308 e. The standard InChI is InChI=1S/C14H12ClIN4O2/c15-10-1-3-11(4-2-10)17-14(22)18-12-5-7-13(8-6-12)19-20(16)9-21/h1-9,19H,(H2,17,18,22). The number of amides is 3. The number of nitrogens with one attached hydrogen (secondary N) is 3. The van der Waals surface area contributed by atoms with Crippen molar-refractivity contribution in [2.45, 2.75) is 0 Å². The van der Waals surface area contributed by atoms with Crippen LogP contribution in [0.3, 0.4) is 0 Å². The molecule has 0 aromatic heterocycles. The van der Waals surface area contributed by atoms with Crippen molar-refractivity contribution < 1.29 is 9.59 Å². The monoisotopic (exact) mass is 430 g/mol. The summed E-state index contributed by atoms with van der Waals surface area (Å²) in [5.41, 5.74) is 4.83. The maximum atomic E-state index is 11.8. The van der Waals surface area contributed by atoms with Crippen molar-refractivity contribution in [3.8, 4) is 0 Å². The van der Waals surface area contributed by atoms with Gasteiger partial charge in [0.25, 0.3) is 0 Å². The van der Waals surface area contributed by atoms with E-state index in [0.29, 0.717) is 22.8 Å². The first-order valence-electron chi connectivity index (χ1n) is 6.17. The summed E-state index contributed by atoms with van der Waals surface area (Å²) in [4.78, 5) is 22.3. The van der Waals surface area contributed by atoms with Crippen molar-refractivity contribution in [3.05, 3.63) is 53.6 Å². The number of nitrogens with zero attached hydrogens (tertiary/aromatic N) is 1. The zero-order valence-corrected chi connectivity index (χ0v) is 14.1. The highest BCUT2D eigenvalue weighted by atomic mass is 127. The van der Waals surface area contributed by atoms with Gasteiger partial charge in [-0.15, -0.1) is 0 Å². The first kappa shape index (κ1) is 16.4. The van der Waals surface area contributed by atoms with Gasteiger partial charge in [0.15, 0.2) is 0 Å². The zero-order chi connectivity index (χ0) is 15.9. The zero-order valence-electron chi connectivity index (χ0n) is 11.2. The lowest BCUT2D eigenvalue weighted by molar-refractivity contribution is -0.112. The van der Waals surface area contributed by atoms with Crippen LogP contribution >= 0.6 is 34.5 Å². The number of hydrogen-bond donors (Lipinski definition) is 3. The summed E-state index contributed by atoms with van der Waals surface area (Å²) in [5.74, 6) is 0. The lowest BCUT2D eigenvalue weighted by atomic mass is 10.3. The molecule has 3 N–H and O–H groups in total. The second-order valence-electron chi connectivity index (χ2n) is 4.19. The van der Waals surface area contributed by atoms with E-state index in [1.807, 2.05) is 22.9 Å². The fourth-order valence-corrected chi connectivity index (χ4v) is 2.01. The smallest absolute Gasteiger partial charge is 0.308 e. The van der Waals surface area contributed by atoms with Crippen LogP contribution in [-0.4, -0.2) is 15.7 Å². The van der Waals surface area contributed by atoms with Crippen LogP contribution in [0.5, 0.6) is 0 Å². The third-order valence-electron chi connectivity index (χ3n) is 2.57. The molecule has 0 saturated heterocycles. The van der Waals surface area contributed by atoms with Gasteiger partial charge in [-0.2, -0.15) is 3.22 Å². The molecule has 2 rings (SSSR count). The molecule has 0 atom stereocenters. The summed E-state index contributed by atoms with van der Waals surface area (Å²) < 4.78 is 1.26. The summed E-state index contributed by atoms with van der Waals surface area (Å²) in [7, 11) is 0. The average Bonchev–Trinajstić information content (AvgIpc) is 2.51. The molecule has 0 bridgehead atoms. The second-order valence-corrected chi connectivity index (χ2v) is 5.67. The molecule has 0 radical (unpaired) electrons. The lowest BCUT2D eigenvalue weighted by Gasteiger charge is -2.12. The van der Waals surface area contributed by atoms with E-state index in [-0.39, 0.29) is 6.03 Å². The molecule has 0 heterocycles. The molecule has 8 heteroatoms. The maximum Gasteiger partial charge on any atom is 0.323 e. The van der Waals surface area contributed by atoms with E-state index in [2.05, 4.69) is 16.1 Å². The minimum atomic E-state index is -0.355. The molecule has 3 amide bonds. The van der Waals surface area contributed by atoms with E-state index < -0.39 is 0 Å². The Morgan fingerprint density at radius 1 is 0.955 bits per heavy atom. The van der Waals surface area contributed by atoms with E-state index >= 15 is 0 Å². The van der Waals surface area contributed by atoms with Crippen LogP contribution in [0.4, 0.5) is 21.9 Å². The molecule has 2 aromatic carbocycles. The van der Waals surface area contributed by atoms with Gasteiger partial charge in [0.05, 0.1) is 28.6 Å². The average molecular weight is 431 g/mol. The van der Waals surface area contributed by atoms with Crippen LogP contribution in [0.15, 0.2) is 48.5 Å². The number of halogens is 2. The number of hydrogen-bond acceptors (Lipinski definition) is 3. The number of carbonyl (C=O) groups is 2. The molecule has 0 aliphatic heterocycles. The Labute approximate surface area is 146 Å². The Hall–Kier alpha value is -2.00. The molecule has 114 valence electrons. The summed E-state index contributed by atoms with van der Waals surface area (Å²) in [6.07, 6.45) is 0.645. The number of benzene rings is 2. The second kappa shape index (κ2) is 7.85. The van der Waals surface area contributed by atoms with Gasteiger partial charge < -0.3 is 10.6 Å². The number of carbonyl (C=O) groups excluding carboxylic acids is 2. The van der Waals surface area contributed by atoms with Crippen molar-refractivity contribution in [1.82, 2.24) is 3.22 Å². The Balaban J connectivity index is 1.91. The molecule has 0 fully saturated rings. The number of anilines is 3. The predicted molar refractivity (Wildman–Crippen MR) is 96.1 cm³/mol. The molecule has 6 nitrogen and oxygen atoms in total. The van der Waals surface area contributed by atoms with E-state index in [0.717, 1.165) is 5.69 Å². The predicted octanol–water partition coefficient (Wildman–Crippen LogP) is 4.12. The third-order valence-corrected chi connectivity index (χ3v) is 3.29. The Morgan fingerprint density at radius 2 is 1.41 bits per heavy atom. The van der Waals surface area contributed by atoms with Gasteiger partial charge >= 0.3 is 6.03 Å². The summed E-state index contributed by atoms with van der Waals surface area (Å²) in [5, 5.41) is 6.00. The molecular weight excluding hydrogens is 419 g/mol. The Morgan fingerprint density at radius 3 is 1.91 bits per heavy atom. The van der Waals surface area contributed by atoms with Gasteiger partial charge in [0, 0.05) is 16.4 Å². The van der Waals surface area contributed by atoms with Crippen molar-refractivity contribution in [3.63, 3.8) is 0 Å². The van der Waals surface area contributed by atoms with Crippen LogP contribution in [0, 0.1) is 0 Å². The van der Waals surface area contributed by atoms with Crippen LogP contribution in [0.2, 0.25) is 5.02 Å². The largest absolute Gasteiger partial charge is 0.323 e. The fourth-order valence-electron chi connectivity index (χ4n) is 1.60. The molecule has 0 spiro atoms. The van der Waals surface area contributed by atoms with E-state index in [1.54, 1.807) is 48.5 Å². The summed E-state index contributed by atoms with van der Waals surface area (Å²) >= 11 is 7.60. The molecule has 0 saturated carbocycles. The SMILES string of the molecule is O=CN(I)Nc1ccc(NC(=O)Nc2ccc(Cl)cc2)cc1. The molecular formula is C14H12ClIN4O2. The number of hydrazine groups is 1. The Kier molecular flexibility index (Phi) is 5.84. The van der Waals surface area contributed by atoms with Gasteiger partial charge in [-0.25, -0.2) is 4.79 Å². The van der Waals surface area contributed by atoms with Gasteiger partial charge in [-0.1, -0.05) is 11.6 Å². The maximum absolute atomic E-state index is 11.8. The van der Waals surface area contributed by atoms with Crippen LogP contribution < -0.4 is 16.1 Å². The molecule has 0 unspecified atom stereocenters. The van der Waals surface area contributed by atoms with E-state index in [1.165, 1.54) is 3.22 Å². The molecule has 2 aromatic rings. The van der Waals surface area contributed by atoms with Gasteiger partial charge in [-0.3, -0.25) is 10.2 Å². The fraction of sp³-hybridized carbons (Fsp3) is 0. The topological polar surface area (TPSA) is 73.5 Å². The van der Waals surface area contributed by atoms with Gasteiger partial charge in [-0.05, 0) is 48.5 Å².